The van der Waals surface area contributed by atoms with Crippen molar-refractivity contribution in [2.45, 2.75) is 12.8 Å². The highest BCUT2D eigenvalue weighted by Crippen LogP contribution is 2.26. The number of nitrogens with one attached hydrogen (secondary N) is 2. The van der Waals surface area contributed by atoms with E-state index in [-0.39, 0.29) is 11.7 Å². The summed E-state index contributed by atoms with van der Waals surface area (Å²) in [5.41, 5.74) is 2.33. The SMILES string of the molecule is CNCC1CCN(C(=O)c2c[nH]cc2-c2ccc(F)cc2)CC1. The molecule has 0 saturated carbocycles. The predicted octanol–water partition coefficient (Wildman–Crippen LogP) is 2.89. The van der Waals surface area contributed by atoms with Crippen molar-refractivity contribution < 1.29 is 9.18 Å². The molecule has 3 rings (SSSR count). The lowest BCUT2D eigenvalue weighted by atomic mass is 9.96. The fourth-order valence-electron chi connectivity index (χ4n) is 3.21. The second-order valence-corrected chi connectivity index (χ2v) is 6.08. The van der Waals surface area contributed by atoms with E-state index >= 15 is 0 Å². The fourth-order valence-corrected chi connectivity index (χ4v) is 3.21. The van der Waals surface area contributed by atoms with E-state index in [1.54, 1.807) is 24.5 Å². The molecule has 4 nitrogen and oxygen atoms in total. The van der Waals surface area contributed by atoms with Gasteiger partial charge in [0.2, 0.25) is 0 Å². The van der Waals surface area contributed by atoms with E-state index in [9.17, 15) is 9.18 Å². The van der Waals surface area contributed by atoms with E-state index in [1.807, 2.05) is 11.9 Å². The Bertz CT molecular complexity index is 657. The van der Waals surface area contributed by atoms with Crippen LogP contribution in [0.2, 0.25) is 0 Å². The third kappa shape index (κ3) is 3.45. The van der Waals surface area contributed by atoms with Crippen LogP contribution in [-0.2, 0) is 0 Å². The third-order valence-corrected chi connectivity index (χ3v) is 4.53. The highest BCUT2D eigenvalue weighted by atomic mass is 19.1. The Morgan fingerprint density at radius 3 is 2.61 bits per heavy atom. The molecule has 5 heteroatoms. The van der Waals surface area contributed by atoms with Gasteiger partial charge in [0.15, 0.2) is 0 Å². The van der Waals surface area contributed by atoms with Crippen LogP contribution in [-0.4, -0.2) is 42.5 Å². The summed E-state index contributed by atoms with van der Waals surface area (Å²) in [6.07, 6.45) is 5.60. The number of carbonyl (C=O) groups is 1. The highest BCUT2D eigenvalue weighted by molar-refractivity contribution is 6.00. The van der Waals surface area contributed by atoms with Gasteiger partial charge in [-0.25, -0.2) is 4.39 Å². The molecule has 0 spiro atoms. The molecule has 122 valence electrons. The van der Waals surface area contributed by atoms with Crippen molar-refractivity contribution in [3.05, 3.63) is 48.0 Å². The molecule has 1 saturated heterocycles. The van der Waals surface area contributed by atoms with Crippen LogP contribution < -0.4 is 5.32 Å². The Labute approximate surface area is 135 Å². The van der Waals surface area contributed by atoms with Gasteiger partial charge < -0.3 is 15.2 Å². The minimum atomic E-state index is -0.274. The average Bonchev–Trinajstić information content (AvgIpc) is 3.05. The molecule has 0 unspecified atom stereocenters. The maximum atomic E-state index is 13.1. The second kappa shape index (κ2) is 6.96. The molecular weight excluding hydrogens is 293 g/mol. The van der Waals surface area contributed by atoms with Crippen LogP contribution >= 0.6 is 0 Å². The van der Waals surface area contributed by atoms with Crippen LogP contribution in [0.25, 0.3) is 11.1 Å². The summed E-state index contributed by atoms with van der Waals surface area (Å²) in [6, 6.07) is 6.24. The molecule has 1 aromatic heterocycles. The first kappa shape index (κ1) is 15.7. The number of carbonyl (C=O) groups excluding carboxylic acids is 1. The number of H-pyrrole nitrogens is 1. The van der Waals surface area contributed by atoms with Crippen molar-refractivity contribution >= 4 is 5.91 Å². The molecule has 0 aliphatic carbocycles. The van der Waals surface area contributed by atoms with E-state index in [0.717, 1.165) is 43.6 Å². The second-order valence-electron chi connectivity index (χ2n) is 6.08. The van der Waals surface area contributed by atoms with Crippen molar-refractivity contribution in [2.24, 2.45) is 5.92 Å². The number of amides is 1. The summed E-state index contributed by atoms with van der Waals surface area (Å²) >= 11 is 0. The zero-order valence-corrected chi connectivity index (χ0v) is 13.3. The average molecular weight is 315 g/mol. The summed E-state index contributed by atoms with van der Waals surface area (Å²) < 4.78 is 13.1. The van der Waals surface area contributed by atoms with Gasteiger partial charge in [0.05, 0.1) is 5.56 Å². The minimum absolute atomic E-state index is 0.0495. The van der Waals surface area contributed by atoms with Gasteiger partial charge in [-0.05, 0) is 50.0 Å². The smallest absolute Gasteiger partial charge is 0.256 e. The quantitative estimate of drug-likeness (QED) is 0.911. The number of aromatic amines is 1. The molecule has 23 heavy (non-hydrogen) atoms. The number of hydrogen-bond donors (Lipinski definition) is 2. The van der Waals surface area contributed by atoms with Crippen molar-refractivity contribution in [3.63, 3.8) is 0 Å². The molecule has 1 aliphatic heterocycles. The van der Waals surface area contributed by atoms with Crippen LogP contribution in [0.1, 0.15) is 23.2 Å². The van der Waals surface area contributed by atoms with Crippen molar-refractivity contribution in [2.75, 3.05) is 26.7 Å². The number of likely N-dealkylation sites (tertiary alicyclic amines) is 1. The Balaban J connectivity index is 1.74. The largest absolute Gasteiger partial charge is 0.366 e. The number of hydrogen-bond acceptors (Lipinski definition) is 2. The summed E-state index contributed by atoms with van der Waals surface area (Å²) in [4.78, 5) is 17.7. The number of benzene rings is 1. The maximum Gasteiger partial charge on any atom is 0.256 e. The zero-order chi connectivity index (χ0) is 16.2. The Kier molecular flexibility index (Phi) is 4.76. The normalized spacial score (nSPS) is 15.8. The van der Waals surface area contributed by atoms with Gasteiger partial charge in [-0.2, -0.15) is 0 Å². The van der Waals surface area contributed by atoms with Crippen molar-refractivity contribution in [1.29, 1.82) is 0 Å². The first-order valence-electron chi connectivity index (χ1n) is 8.05. The highest BCUT2D eigenvalue weighted by Gasteiger charge is 2.25. The molecule has 2 heterocycles. The minimum Gasteiger partial charge on any atom is -0.366 e. The first-order chi connectivity index (χ1) is 11.2. The molecule has 2 N–H and O–H groups in total. The number of nitrogens with zero attached hydrogens (tertiary/aromatic N) is 1. The molecule has 1 amide bonds. The Hall–Kier alpha value is -2.14. The molecule has 0 atom stereocenters. The van der Waals surface area contributed by atoms with E-state index < -0.39 is 0 Å². The number of piperidine rings is 1. The lowest BCUT2D eigenvalue weighted by Gasteiger charge is -2.32. The van der Waals surface area contributed by atoms with E-state index in [4.69, 9.17) is 0 Å². The summed E-state index contributed by atoms with van der Waals surface area (Å²) in [7, 11) is 1.96. The van der Waals surface area contributed by atoms with Gasteiger partial charge in [-0.15, -0.1) is 0 Å². The molecule has 1 fully saturated rings. The third-order valence-electron chi connectivity index (χ3n) is 4.53. The van der Waals surface area contributed by atoms with Gasteiger partial charge in [0.25, 0.3) is 5.91 Å². The topological polar surface area (TPSA) is 48.1 Å². The molecule has 0 radical (unpaired) electrons. The van der Waals surface area contributed by atoms with Crippen LogP contribution in [0.4, 0.5) is 4.39 Å². The van der Waals surface area contributed by atoms with Gasteiger partial charge in [0.1, 0.15) is 5.82 Å². The number of rotatable bonds is 4. The van der Waals surface area contributed by atoms with Crippen LogP contribution in [0.3, 0.4) is 0 Å². The van der Waals surface area contributed by atoms with Gasteiger partial charge in [-0.3, -0.25) is 4.79 Å². The summed E-state index contributed by atoms with van der Waals surface area (Å²) in [5, 5.41) is 3.21. The standard InChI is InChI=1S/C18H22FN3O/c1-20-10-13-6-8-22(9-7-13)18(23)17-12-21-11-16(17)14-2-4-15(19)5-3-14/h2-5,11-13,20-21H,6-10H2,1H3. The van der Waals surface area contributed by atoms with Crippen molar-refractivity contribution in [1.82, 2.24) is 15.2 Å². The lowest BCUT2D eigenvalue weighted by Crippen LogP contribution is -2.40. The van der Waals surface area contributed by atoms with Gasteiger partial charge in [-0.1, -0.05) is 12.1 Å². The van der Waals surface area contributed by atoms with E-state index in [2.05, 4.69) is 10.3 Å². The van der Waals surface area contributed by atoms with Crippen LogP contribution in [0, 0.1) is 11.7 Å². The fraction of sp³-hybridized carbons (Fsp3) is 0.389. The molecular formula is C18H22FN3O. The zero-order valence-electron chi connectivity index (χ0n) is 13.3. The maximum absolute atomic E-state index is 13.1. The number of aromatic nitrogens is 1. The van der Waals surface area contributed by atoms with Crippen LogP contribution in [0.5, 0.6) is 0 Å². The predicted molar refractivity (Wildman–Crippen MR) is 88.7 cm³/mol. The molecule has 1 aromatic carbocycles. The summed E-state index contributed by atoms with van der Waals surface area (Å²) in [5.74, 6) is 0.420. The van der Waals surface area contributed by atoms with E-state index in [0.29, 0.717) is 11.5 Å². The monoisotopic (exact) mass is 315 g/mol. The van der Waals surface area contributed by atoms with Crippen molar-refractivity contribution in [3.8, 4) is 11.1 Å². The molecule has 1 aliphatic rings. The molecule has 2 aromatic rings. The lowest BCUT2D eigenvalue weighted by molar-refractivity contribution is 0.0692. The van der Waals surface area contributed by atoms with Gasteiger partial charge in [0, 0.05) is 31.0 Å². The van der Waals surface area contributed by atoms with E-state index in [1.165, 1.54) is 12.1 Å². The van der Waals surface area contributed by atoms with Gasteiger partial charge >= 0.3 is 0 Å². The first-order valence-corrected chi connectivity index (χ1v) is 8.05. The van der Waals surface area contributed by atoms with Crippen LogP contribution in [0.15, 0.2) is 36.7 Å². The molecule has 0 bridgehead atoms. The Morgan fingerprint density at radius 2 is 1.96 bits per heavy atom. The summed E-state index contributed by atoms with van der Waals surface area (Å²) in [6.45, 7) is 2.59. The number of halogens is 1. The Morgan fingerprint density at radius 1 is 1.26 bits per heavy atom.